The summed E-state index contributed by atoms with van der Waals surface area (Å²) in [4.78, 5) is 23.8. The molecule has 0 aromatic heterocycles. The van der Waals surface area contributed by atoms with Gasteiger partial charge >= 0.3 is 12.1 Å². The third kappa shape index (κ3) is 3.87. The van der Waals surface area contributed by atoms with Gasteiger partial charge in [-0.15, -0.1) is 0 Å². The number of rotatable bonds is 1. The van der Waals surface area contributed by atoms with E-state index in [0.29, 0.717) is 0 Å². The van der Waals surface area contributed by atoms with E-state index in [-0.39, 0.29) is 19.4 Å². The second kappa shape index (κ2) is 4.89. The van der Waals surface area contributed by atoms with Crippen LogP contribution < -0.4 is 0 Å². The first-order chi connectivity index (χ1) is 7.70. The van der Waals surface area contributed by atoms with Crippen LogP contribution in [0.3, 0.4) is 0 Å². The highest BCUT2D eigenvalue weighted by atomic mass is 19.1. The van der Waals surface area contributed by atoms with Crippen molar-refractivity contribution in [1.29, 1.82) is 0 Å². The maximum atomic E-state index is 13.1. The minimum absolute atomic E-state index is 0.0764. The zero-order valence-electron chi connectivity index (χ0n) is 10.3. The van der Waals surface area contributed by atoms with Gasteiger partial charge in [-0.1, -0.05) is 0 Å². The summed E-state index contributed by atoms with van der Waals surface area (Å²) in [6.07, 6.45) is -1.89. The molecule has 1 aliphatic rings. The average Bonchev–Trinajstić information content (AvgIpc) is 2.14. The molecular weight excluding hydrogens is 229 g/mol. The SMILES string of the molecule is CC(C)(C)OC(=O)N1CC[C@@H](F)C[C@@H]1C(=O)O. The number of carbonyl (C=O) groups excluding carboxylic acids is 1. The van der Waals surface area contributed by atoms with E-state index in [4.69, 9.17) is 9.84 Å². The highest BCUT2D eigenvalue weighted by Crippen LogP contribution is 2.22. The standard InChI is InChI=1S/C11H18FNO4/c1-11(2,3)17-10(16)13-5-4-7(12)6-8(13)9(14)15/h7-8H,4-6H2,1-3H3,(H,14,15)/t7-,8-/m1/s1. The van der Waals surface area contributed by atoms with Gasteiger partial charge in [-0.2, -0.15) is 0 Å². The maximum Gasteiger partial charge on any atom is 0.411 e. The molecule has 0 radical (unpaired) electrons. The lowest BCUT2D eigenvalue weighted by Gasteiger charge is -2.35. The first-order valence-corrected chi connectivity index (χ1v) is 5.57. The number of likely N-dealkylation sites (tertiary alicyclic amines) is 1. The Balaban J connectivity index is 2.73. The summed E-state index contributed by atoms with van der Waals surface area (Å²) in [6.45, 7) is 5.17. The van der Waals surface area contributed by atoms with Gasteiger partial charge in [0, 0.05) is 13.0 Å². The van der Waals surface area contributed by atoms with Crippen LogP contribution in [0.25, 0.3) is 0 Å². The van der Waals surface area contributed by atoms with E-state index >= 15 is 0 Å². The average molecular weight is 247 g/mol. The summed E-state index contributed by atoms with van der Waals surface area (Å²) in [7, 11) is 0. The van der Waals surface area contributed by atoms with Crippen molar-refractivity contribution in [1.82, 2.24) is 4.90 Å². The van der Waals surface area contributed by atoms with E-state index in [1.807, 2.05) is 0 Å². The van der Waals surface area contributed by atoms with Crippen LogP contribution in [0.1, 0.15) is 33.6 Å². The fourth-order valence-electron chi connectivity index (χ4n) is 1.70. The smallest absolute Gasteiger partial charge is 0.411 e. The molecule has 0 bridgehead atoms. The quantitative estimate of drug-likeness (QED) is 0.767. The van der Waals surface area contributed by atoms with Crippen LogP contribution in [0.5, 0.6) is 0 Å². The number of nitrogens with zero attached hydrogens (tertiary/aromatic N) is 1. The molecule has 6 heteroatoms. The topological polar surface area (TPSA) is 66.8 Å². The Labute approximate surface area is 99.5 Å². The van der Waals surface area contributed by atoms with Gasteiger partial charge in [-0.3, -0.25) is 4.90 Å². The zero-order valence-corrected chi connectivity index (χ0v) is 10.3. The van der Waals surface area contributed by atoms with E-state index in [2.05, 4.69) is 0 Å². The van der Waals surface area contributed by atoms with Gasteiger partial charge in [-0.05, 0) is 27.2 Å². The van der Waals surface area contributed by atoms with Crippen molar-refractivity contribution in [2.75, 3.05) is 6.54 Å². The Morgan fingerprint density at radius 2 is 2.00 bits per heavy atom. The summed E-state index contributed by atoms with van der Waals surface area (Å²) < 4.78 is 18.2. The van der Waals surface area contributed by atoms with Gasteiger partial charge in [0.1, 0.15) is 17.8 Å². The Hall–Kier alpha value is -1.33. The number of ether oxygens (including phenoxy) is 1. The minimum Gasteiger partial charge on any atom is -0.480 e. The van der Waals surface area contributed by atoms with Gasteiger partial charge in [0.25, 0.3) is 0 Å². The van der Waals surface area contributed by atoms with E-state index in [1.54, 1.807) is 20.8 Å². The van der Waals surface area contributed by atoms with Crippen molar-refractivity contribution in [3.05, 3.63) is 0 Å². The largest absolute Gasteiger partial charge is 0.480 e. The molecule has 1 aliphatic heterocycles. The second-order valence-electron chi connectivity index (χ2n) is 5.15. The van der Waals surface area contributed by atoms with E-state index in [0.717, 1.165) is 4.90 Å². The van der Waals surface area contributed by atoms with Crippen LogP contribution in [0.15, 0.2) is 0 Å². The number of carboxylic acids is 1. The summed E-state index contributed by atoms with van der Waals surface area (Å²) in [5, 5.41) is 8.96. The van der Waals surface area contributed by atoms with Crippen molar-refractivity contribution in [2.45, 2.75) is 51.4 Å². The maximum absolute atomic E-state index is 13.1. The lowest BCUT2D eigenvalue weighted by Crippen LogP contribution is -2.52. The Morgan fingerprint density at radius 3 is 2.47 bits per heavy atom. The number of halogens is 1. The molecular formula is C11H18FNO4. The molecule has 1 rings (SSSR count). The van der Waals surface area contributed by atoms with Crippen LogP contribution in [-0.4, -0.2) is 46.4 Å². The normalized spacial score (nSPS) is 25.5. The molecule has 1 saturated heterocycles. The molecule has 1 amide bonds. The van der Waals surface area contributed by atoms with Crippen molar-refractivity contribution in [2.24, 2.45) is 0 Å². The van der Waals surface area contributed by atoms with Gasteiger partial charge in [0.2, 0.25) is 0 Å². The first kappa shape index (κ1) is 13.7. The monoisotopic (exact) mass is 247 g/mol. The van der Waals surface area contributed by atoms with E-state index < -0.39 is 29.9 Å². The predicted molar refractivity (Wildman–Crippen MR) is 58.5 cm³/mol. The lowest BCUT2D eigenvalue weighted by molar-refractivity contribution is -0.145. The third-order valence-electron chi connectivity index (χ3n) is 2.45. The molecule has 5 nitrogen and oxygen atoms in total. The van der Waals surface area contributed by atoms with Crippen LogP contribution in [-0.2, 0) is 9.53 Å². The van der Waals surface area contributed by atoms with Gasteiger partial charge in [-0.25, -0.2) is 14.0 Å². The highest BCUT2D eigenvalue weighted by Gasteiger charge is 2.38. The molecule has 98 valence electrons. The Bertz CT molecular complexity index is 313. The zero-order chi connectivity index (χ0) is 13.2. The molecule has 2 atom stereocenters. The second-order valence-corrected chi connectivity index (χ2v) is 5.15. The fraction of sp³-hybridized carbons (Fsp3) is 0.818. The van der Waals surface area contributed by atoms with Crippen molar-refractivity contribution < 1.29 is 23.8 Å². The fourth-order valence-corrected chi connectivity index (χ4v) is 1.70. The van der Waals surface area contributed by atoms with Crippen molar-refractivity contribution in [3.63, 3.8) is 0 Å². The van der Waals surface area contributed by atoms with Gasteiger partial charge in [0.15, 0.2) is 0 Å². The molecule has 17 heavy (non-hydrogen) atoms. The molecule has 1 heterocycles. The number of piperidine rings is 1. The molecule has 0 aromatic carbocycles. The third-order valence-corrected chi connectivity index (χ3v) is 2.45. The number of hydrogen-bond acceptors (Lipinski definition) is 3. The number of alkyl halides is 1. The summed E-state index contributed by atoms with van der Waals surface area (Å²) in [6, 6.07) is -1.13. The number of carbonyl (C=O) groups is 2. The molecule has 0 aliphatic carbocycles. The van der Waals surface area contributed by atoms with E-state index in [9.17, 15) is 14.0 Å². The number of amides is 1. The molecule has 0 aromatic rings. The lowest BCUT2D eigenvalue weighted by atomic mass is 10.0. The predicted octanol–water partition coefficient (Wildman–Crippen LogP) is 1.81. The van der Waals surface area contributed by atoms with E-state index in [1.165, 1.54) is 0 Å². The summed E-state index contributed by atoms with van der Waals surface area (Å²) in [5.74, 6) is -1.20. The molecule has 0 saturated carbocycles. The molecule has 0 unspecified atom stereocenters. The highest BCUT2D eigenvalue weighted by molar-refractivity contribution is 5.80. The number of aliphatic carboxylic acids is 1. The van der Waals surface area contributed by atoms with Gasteiger partial charge < -0.3 is 9.84 Å². The Kier molecular flexibility index (Phi) is 3.95. The van der Waals surface area contributed by atoms with Crippen LogP contribution in [0, 0.1) is 0 Å². The number of carboxylic acid groups (broad SMARTS) is 1. The summed E-state index contributed by atoms with van der Waals surface area (Å²) >= 11 is 0. The van der Waals surface area contributed by atoms with Crippen molar-refractivity contribution in [3.8, 4) is 0 Å². The molecule has 1 N–H and O–H groups in total. The van der Waals surface area contributed by atoms with Gasteiger partial charge in [0.05, 0.1) is 0 Å². The van der Waals surface area contributed by atoms with Crippen molar-refractivity contribution >= 4 is 12.1 Å². The van der Waals surface area contributed by atoms with Crippen LogP contribution in [0.4, 0.5) is 9.18 Å². The summed E-state index contributed by atoms with van der Waals surface area (Å²) in [5.41, 5.74) is -0.688. The minimum atomic E-state index is -1.20. The number of hydrogen-bond donors (Lipinski definition) is 1. The van der Waals surface area contributed by atoms with Crippen LogP contribution >= 0.6 is 0 Å². The molecule has 0 spiro atoms. The van der Waals surface area contributed by atoms with Crippen LogP contribution in [0.2, 0.25) is 0 Å². The Morgan fingerprint density at radius 1 is 1.41 bits per heavy atom. The molecule has 1 fully saturated rings. The first-order valence-electron chi connectivity index (χ1n) is 5.57.